The summed E-state index contributed by atoms with van der Waals surface area (Å²) in [6.45, 7) is -1.00. The molecule has 39 heavy (non-hydrogen) atoms. The van der Waals surface area contributed by atoms with E-state index < -0.39 is 48.9 Å². The van der Waals surface area contributed by atoms with Crippen LogP contribution in [0.15, 0.2) is 24.7 Å². The number of aliphatic hydroxyl groups is 1. The third-order valence-electron chi connectivity index (χ3n) is 7.03. The predicted molar refractivity (Wildman–Crippen MR) is 129 cm³/mol. The zero-order valence-electron chi connectivity index (χ0n) is 20.9. The number of nitrogens with one attached hydrogen (secondary N) is 1. The fourth-order valence-electron chi connectivity index (χ4n) is 4.67. The number of halogens is 4. The predicted octanol–water partition coefficient (Wildman–Crippen LogP) is 1.85. The van der Waals surface area contributed by atoms with Crippen molar-refractivity contribution in [3.05, 3.63) is 35.8 Å². The molecule has 0 bridgehead atoms. The molecule has 3 atom stereocenters. The van der Waals surface area contributed by atoms with E-state index in [2.05, 4.69) is 20.4 Å². The van der Waals surface area contributed by atoms with E-state index in [1.54, 1.807) is 4.52 Å². The lowest BCUT2D eigenvalue weighted by Crippen LogP contribution is -2.56. The summed E-state index contributed by atoms with van der Waals surface area (Å²) in [4.78, 5) is 34.3. The van der Waals surface area contributed by atoms with Crippen LogP contribution in [0.4, 0.5) is 23.4 Å². The van der Waals surface area contributed by atoms with Crippen LogP contribution in [0.1, 0.15) is 41.6 Å². The molecule has 1 saturated heterocycles. The second-order valence-electron chi connectivity index (χ2n) is 9.82. The number of amides is 2. The van der Waals surface area contributed by atoms with Gasteiger partial charge in [0.1, 0.15) is 23.6 Å². The highest BCUT2D eigenvalue weighted by Crippen LogP contribution is 2.45. The maximum atomic E-state index is 14.7. The molecule has 2 aliphatic rings. The van der Waals surface area contributed by atoms with E-state index >= 15 is 0 Å². The Hall–Kier alpha value is -4.01. The van der Waals surface area contributed by atoms with Gasteiger partial charge in [-0.05, 0) is 43.4 Å². The number of pyridine rings is 1. The van der Waals surface area contributed by atoms with Gasteiger partial charge in [-0.3, -0.25) is 9.59 Å². The van der Waals surface area contributed by atoms with Crippen molar-refractivity contribution in [2.24, 2.45) is 0 Å². The largest absolute Gasteiger partial charge is 0.480 e. The molecule has 3 aromatic rings. The van der Waals surface area contributed by atoms with Crippen LogP contribution in [-0.4, -0.2) is 85.6 Å². The minimum absolute atomic E-state index is 0.0702. The van der Waals surface area contributed by atoms with Gasteiger partial charge in [0.25, 0.3) is 11.8 Å². The van der Waals surface area contributed by atoms with Crippen molar-refractivity contribution in [2.45, 2.75) is 49.7 Å². The lowest BCUT2D eigenvalue weighted by atomic mass is 10.1. The Balaban J connectivity index is 1.42. The zero-order valence-corrected chi connectivity index (χ0v) is 20.9. The standard InChI is InChI=1S/C24H25F4N7O4/c1-23(38,24(26,27)28)22(37)34-8-15(25)16(9-34)33-20(36)14-5-12(7-30-21(14)39-2)17-6-13(11-3-4-11)18-19(29)31-10-32-35(17)18/h5-7,10-11,15-16,38H,3-4,8-9H2,1-2H3,(H,33,36)(H2,29,31,32)/t15-,16+,23+/m0/s1. The molecule has 208 valence electrons. The van der Waals surface area contributed by atoms with E-state index in [0.717, 1.165) is 18.4 Å². The molecule has 5 rings (SSSR count). The molecule has 2 fully saturated rings. The lowest BCUT2D eigenvalue weighted by Gasteiger charge is -2.29. The fourth-order valence-corrected chi connectivity index (χ4v) is 4.67. The van der Waals surface area contributed by atoms with Crippen LogP contribution in [0, 0.1) is 0 Å². The SMILES string of the molecule is COc1ncc(-c2cc(C3CC3)c3c(N)ncnn23)cc1C(=O)N[C@@H]1CN(C(=O)[C@@](C)(O)C(F)(F)F)C[C@@H]1F. The van der Waals surface area contributed by atoms with E-state index in [1.807, 2.05) is 6.07 Å². The van der Waals surface area contributed by atoms with E-state index in [-0.39, 0.29) is 11.4 Å². The van der Waals surface area contributed by atoms with Gasteiger partial charge in [0.05, 0.1) is 25.4 Å². The first-order chi connectivity index (χ1) is 18.3. The number of hydrogen-bond donors (Lipinski definition) is 3. The van der Waals surface area contributed by atoms with Crippen LogP contribution < -0.4 is 15.8 Å². The molecule has 0 aromatic carbocycles. The molecular weight excluding hydrogens is 526 g/mol. The Kier molecular flexibility index (Phi) is 6.36. The normalized spacial score (nSPS) is 21.2. The summed E-state index contributed by atoms with van der Waals surface area (Å²) in [7, 11) is 1.29. The van der Waals surface area contributed by atoms with Gasteiger partial charge < -0.3 is 25.8 Å². The number of nitrogens with zero attached hydrogens (tertiary/aromatic N) is 5. The summed E-state index contributed by atoms with van der Waals surface area (Å²) in [5.41, 5.74) is 5.03. The van der Waals surface area contributed by atoms with Crippen LogP contribution in [0.2, 0.25) is 0 Å². The van der Waals surface area contributed by atoms with Crippen LogP contribution in [-0.2, 0) is 4.79 Å². The summed E-state index contributed by atoms with van der Waals surface area (Å²) in [5.74, 6) is -1.98. The van der Waals surface area contributed by atoms with Crippen LogP contribution >= 0.6 is 0 Å². The quantitative estimate of drug-likeness (QED) is 0.393. The second kappa shape index (κ2) is 9.32. The van der Waals surface area contributed by atoms with Gasteiger partial charge in [-0.15, -0.1) is 0 Å². The molecule has 4 heterocycles. The highest BCUT2D eigenvalue weighted by Gasteiger charge is 2.58. The summed E-state index contributed by atoms with van der Waals surface area (Å²) in [5, 5.41) is 16.4. The van der Waals surface area contributed by atoms with Crippen molar-refractivity contribution < 1.29 is 37.0 Å². The lowest BCUT2D eigenvalue weighted by molar-refractivity contribution is -0.249. The molecular formula is C24H25F4N7O4. The number of carbonyl (C=O) groups excluding carboxylic acids is 2. The fraction of sp³-hybridized carbons (Fsp3) is 0.458. The van der Waals surface area contributed by atoms with Crippen molar-refractivity contribution in [2.75, 3.05) is 25.9 Å². The van der Waals surface area contributed by atoms with Crippen molar-refractivity contribution in [3.8, 4) is 17.1 Å². The molecule has 1 aliphatic carbocycles. The van der Waals surface area contributed by atoms with E-state index in [1.165, 1.54) is 25.7 Å². The Morgan fingerprint density at radius 3 is 2.56 bits per heavy atom. The Bertz CT molecular complexity index is 1450. The molecule has 1 aliphatic heterocycles. The topological polar surface area (TPSA) is 148 Å². The Labute approximate surface area is 219 Å². The van der Waals surface area contributed by atoms with E-state index in [4.69, 9.17) is 10.5 Å². The minimum atomic E-state index is -5.26. The van der Waals surface area contributed by atoms with E-state index in [9.17, 15) is 32.3 Å². The van der Waals surface area contributed by atoms with Gasteiger partial charge in [-0.25, -0.2) is 18.9 Å². The number of nitrogens with two attached hydrogens (primary N) is 1. The molecule has 2 amide bonds. The van der Waals surface area contributed by atoms with Crippen molar-refractivity contribution in [3.63, 3.8) is 0 Å². The first kappa shape index (κ1) is 26.6. The molecule has 4 N–H and O–H groups in total. The second-order valence-corrected chi connectivity index (χ2v) is 9.82. The van der Waals surface area contributed by atoms with Gasteiger partial charge in [-0.2, -0.15) is 18.3 Å². The third-order valence-corrected chi connectivity index (χ3v) is 7.03. The molecule has 11 nitrogen and oxygen atoms in total. The minimum Gasteiger partial charge on any atom is -0.480 e. The molecule has 1 saturated carbocycles. The van der Waals surface area contributed by atoms with Gasteiger partial charge in [-0.1, -0.05) is 0 Å². The monoisotopic (exact) mass is 551 g/mol. The van der Waals surface area contributed by atoms with Crippen molar-refractivity contribution in [1.29, 1.82) is 0 Å². The first-order valence-corrected chi connectivity index (χ1v) is 12.0. The van der Waals surface area contributed by atoms with Crippen molar-refractivity contribution >= 4 is 23.1 Å². The molecule has 15 heteroatoms. The molecule has 3 aromatic heterocycles. The number of alkyl halides is 4. The highest BCUT2D eigenvalue weighted by atomic mass is 19.4. The number of rotatable bonds is 6. The number of aromatic nitrogens is 4. The number of ether oxygens (including phenoxy) is 1. The average Bonchev–Trinajstić information content (AvgIpc) is 3.56. The number of nitrogen functional groups attached to an aromatic ring is 1. The number of anilines is 1. The van der Waals surface area contributed by atoms with Crippen LogP contribution in [0.5, 0.6) is 5.88 Å². The average molecular weight is 552 g/mol. The summed E-state index contributed by atoms with van der Waals surface area (Å²) >= 11 is 0. The summed E-state index contributed by atoms with van der Waals surface area (Å²) in [6.07, 6.45) is -2.37. The molecule has 0 spiro atoms. The number of carbonyl (C=O) groups is 2. The molecule has 0 unspecified atom stereocenters. The van der Waals surface area contributed by atoms with E-state index in [0.29, 0.717) is 40.3 Å². The molecule has 0 radical (unpaired) electrons. The first-order valence-electron chi connectivity index (χ1n) is 12.0. The summed E-state index contributed by atoms with van der Waals surface area (Å²) < 4.78 is 60.8. The third kappa shape index (κ3) is 4.60. The van der Waals surface area contributed by atoms with Gasteiger partial charge in [0.2, 0.25) is 11.5 Å². The number of hydrogen-bond acceptors (Lipinski definition) is 8. The van der Waals surface area contributed by atoms with Gasteiger partial charge >= 0.3 is 6.18 Å². The number of likely N-dealkylation sites (tertiary alicyclic amines) is 1. The van der Waals surface area contributed by atoms with Crippen molar-refractivity contribution in [1.82, 2.24) is 29.8 Å². The Morgan fingerprint density at radius 2 is 1.92 bits per heavy atom. The van der Waals surface area contributed by atoms with Crippen LogP contribution in [0.3, 0.4) is 0 Å². The maximum Gasteiger partial charge on any atom is 0.426 e. The smallest absolute Gasteiger partial charge is 0.426 e. The summed E-state index contributed by atoms with van der Waals surface area (Å²) in [6, 6.07) is 2.03. The number of methoxy groups -OCH3 is 1. The van der Waals surface area contributed by atoms with Crippen LogP contribution in [0.25, 0.3) is 16.8 Å². The van der Waals surface area contributed by atoms with Gasteiger partial charge in [0.15, 0.2) is 5.82 Å². The zero-order chi connectivity index (χ0) is 28.3. The highest BCUT2D eigenvalue weighted by molar-refractivity contribution is 5.98. The maximum absolute atomic E-state index is 14.7. The Morgan fingerprint density at radius 1 is 1.21 bits per heavy atom. The number of fused-ring (bicyclic) bond motifs is 1. The van der Waals surface area contributed by atoms with Gasteiger partial charge in [0, 0.05) is 18.3 Å².